The minimum absolute atomic E-state index is 0. The number of nitrogens with one attached hydrogen (secondary N) is 4. The summed E-state index contributed by atoms with van der Waals surface area (Å²) in [7, 11) is 0. The molecule has 13 aromatic rings. The molecule has 522 valence electrons. The summed E-state index contributed by atoms with van der Waals surface area (Å²) in [5.74, 6) is 2.72. The first kappa shape index (κ1) is 72.1. The number of likely N-dealkylation sites (tertiary alicyclic amines) is 1. The van der Waals surface area contributed by atoms with Crippen molar-refractivity contribution in [3.8, 4) is 22.7 Å². The topological polar surface area (TPSA) is 260 Å². The average molecular weight is 1500 g/mol. The van der Waals surface area contributed by atoms with Gasteiger partial charge in [0.05, 0.1) is 88.4 Å². The number of rotatable bonds is 18. The number of nitrogens with zero attached hydrogens (tertiary/aromatic N) is 19. The van der Waals surface area contributed by atoms with Gasteiger partial charge >= 0.3 is 0 Å². The number of halogens is 7. The van der Waals surface area contributed by atoms with E-state index in [1.165, 1.54) is 31.5 Å². The minimum Gasteiger partial charge on any atom is -0.379 e. The van der Waals surface area contributed by atoms with E-state index in [2.05, 4.69) is 96.3 Å². The fourth-order valence-corrected chi connectivity index (χ4v) is 12.5. The second kappa shape index (κ2) is 34.3. The van der Waals surface area contributed by atoms with Crippen LogP contribution in [0.5, 0.6) is 0 Å². The summed E-state index contributed by atoms with van der Waals surface area (Å²) in [4.78, 5) is 43.6. The summed E-state index contributed by atoms with van der Waals surface area (Å²) in [6, 6.07) is 34.2. The Morgan fingerprint density at radius 3 is 1.20 bits per heavy atom. The number of fused-ring (bicyclic) bond motifs is 4. The lowest BCUT2D eigenvalue weighted by atomic mass is 10.2. The average Bonchev–Trinajstić information content (AvgIpc) is 1.69. The summed E-state index contributed by atoms with van der Waals surface area (Å²) < 4.78 is 18.0. The molecule has 1 unspecified atom stereocenters. The molecule has 4 aromatic carbocycles. The van der Waals surface area contributed by atoms with Crippen LogP contribution in [0.1, 0.15) is 44.2 Å². The van der Waals surface area contributed by atoms with Gasteiger partial charge in [-0.3, -0.25) is 9.88 Å². The smallest absolute Gasteiger partial charge is 0.226 e. The van der Waals surface area contributed by atoms with Gasteiger partial charge in [0.1, 0.15) is 23.3 Å². The Bertz CT molecular complexity index is 4860. The zero-order valence-corrected chi connectivity index (χ0v) is 59.2. The quantitative estimate of drug-likeness (QED) is 0.0582. The van der Waals surface area contributed by atoms with Gasteiger partial charge in [0.2, 0.25) is 21.1 Å². The molecule has 1 atom stereocenters. The lowest BCUT2D eigenvalue weighted by molar-refractivity contribution is 0.0398. The molecule has 101 heavy (non-hydrogen) atoms. The van der Waals surface area contributed by atoms with Crippen LogP contribution in [-0.4, -0.2) is 179 Å². The number of ether oxygens (including phenoxy) is 2. The molecule has 3 aliphatic rings. The molecular formula is C69H70Cl7N23O2. The highest BCUT2D eigenvalue weighted by atomic mass is 35.5. The van der Waals surface area contributed by atoms with Crippen molar-refractivity contribution in [3.05, 3.63) is 194 Å². The lowest BCUT2D eigenvalue weighted by Gasteiger charge is -2.26. The SMILES string of the molecule is C.Cc1ccc(-n2ncc3c(NCc4cccnc4)nc(Cl)nc32)cc1.Clc1ccc(-n2ncc3c(NCC4CCCO4)nc(Cl)nc32)cc1.Clc1ccc(-n2ncc3c(NCCN4CCCC4)nc(Cl)nc32)cc1.Clc1ccc(-n2ncc3c(NCCN4CCOCC4)nc(Cl)nc32)cc1. The normalized spacial score (nSPS) is 14.6. The standard InChI is InChI=1S/C18H15ClN6.C17H18Cl2N6O.C17H18Cl2N6.C16H15Cl2N5O.CH4/c1-12-4-6-14(7-5-12)25-17-15(11-22-25)16(23-18(19)24-17)21-10-13-3-2-8-20-9-13;18-12-1-3-13(4-2-12)25-16-14(11-21-25)15(22-17(19)23-16)20-5-6-24-7-9-26-10-8-24;18-12-3-5-13(6-4-12)25-16-14(11-21-25)15(22-17(19)23-16)20-7-10-24-8-1-2-9-24;17-10-3-5-11(6-4-10)23-15-13(9-20-23)14(21-16(18)22-15)19-8-12-2-1-7-24-12;/h2-9,11H,10H2,1H3,(H,21,23,24);1-4,11H,5-10H2,(H,20,22,23);3-6,11H,1-2,7-10H2,(H,20,22,23);3-6,9,12H,1-2,7-8H2,(H,19,21,22);1H4. The minimum atomic E-state index is 0. The molecule has 32 heteroatoms. The molecule has 3 aliphatic heterocycles. The van der Waals surface area contributed by atoms with E-state index >= 15 is 0 Å². The second-order valence-corrected chi connectivity index (χ2v) is 26.1. The first-order chi connectivity index (χ1) is 48.8. The number of pyridine rings is 1. The Balaban J connectivity index is 0.000000127. The number of aryl methyl sites for hydroxylation is 1. The molecule has 0 radical (unpaired) electrons. The summed E-state index contributed by atoms with van der Waals surface area (Å²) in [5.41, 5.74) is 8.39. The first-order valence-electron chi connectivity index (χ1n) is 32.3. The summed E-state index contributed by atoms with van der Waals surface area (Å²) >= 11 is 42.4. The molecule has 0 aliphatic carbocycles. The van der Waals surface area contributed by atoms with Crippen molar-refractivity contribution in [1.29, 1.82) is 0 Å². The molecule has 0 amide bonds. The van der Waals surface area contributed by atoms with Crippen LogP contribution in [0.2, 0.25) is 36.2 Å². The van der Waals surface area contributed by atoms with Crippen LogP contribution in [0.3, 0.4) is 0 Å². The van der Waals surface area contributed by atoms with Crippen molar-refractivity contribution in [2.75, 3.05) is 100.0 Å². The molecule has 0 spiro atoms. The summed E-state index contributed by atoms with van der Waals surface area (Å²) in [6.45, 7) is 13.5. The van der Waals surface area contributed by atoms with Gasteiger partial charge in [0, 0.05) is 86.4 Å². The Labute approximate surface area is 616 Å². The van der Waals surface area contributed by atoms with Crippen LogP contribution in [0, 0.1) is 6.92 Å². The van der Waals surface area contributed by atoms with Gasteiger partial charge in [0.15, 0.2) is 22.6 Å². The van der Waals surface area contributed by atoms with Crippen LogP contribution >= 0.6 is 81.2 Å². The van der Waals surface area contributed by atoms with Crippen LogP contribution in [0.15, 0.2) is 146 Å². The van der Waals surface area contributed by atoms with Gasteiger partial charge in [-0.15, -0.1) is 0 Å². The van der Waals surface area contributed by atoms with Crippen molar-refractivity contribution in [2.45, 2.75) is 52.7 Å². The van der Waals surface area contributed by atoms with E-state index in [1.54, 1.807) is 49.7 Å². The van der Waals surface area contributed by atoms with Gasteiger partial charge in [-0.2, -0.15) is 60.3 Å². The van der Waals surface area contributed by atoms with Crippen molar-refractivity contribution in [2.24, 2.45) is 0 Å². The highest BCUT2D eigenvalue weighted by molar-refractivity contribution is 6.32. The van der Waals surface area contributed by atoms with Crippen molar-refractivity contribution < 1.29 is 9.47 Å². The molecule has 25 nitrogen and oxygen atoms in total. The molecule has 3 saturated heterocycles. The number of hydrogen-bond acceptors (Lipinski definition) is 21. The van der Waals surface area contributed by atoms with E-state index in [9.17, 15) is 0 Å². The van der Waals surface area contributed by atoms with Gasteiger partial charge in [-0.25, -0.2) is 18.7 Å². The van der Waals surface area contributed by atoms with Gasteiger partial charge < -0.3 is 35.6 Å². The van der Waals surface area contributed by atoms with E-state index in [0.717, 1.165) is 128 Å². The number of aromatic nitrogens is 17. The van der Waals surface area contributed by atoms with E-state index in [1.807, 2.05) is 122 Å². The molecule has 3 fully saturated rings. The van der Waals surface area contributed by atoms with Gasteiger partial charge in [-0.05, 0) is 189 Å². The molecule has 16 rings (SSSR count). The third kappa shape index (κ3) is 18.3. The maximum atomic E-state index is 6.14. The Kier molecular flexibility index (Phi) is 24.5. The summed E-state index contributed by atoms with van der Waals surface area (Å²) in [5, 5.41) is 37.1. The van der Waals surface area contributed by atoms with Crippen LogP contribution in [0.25, 0.3) is 66.9 Å². The molecule has 12 heterocycles. The van der Waals surface area contributed by atoms with E-state index in [-0.39, 0.29) is 34.7 Å². The zero-order valence-electron chi connectivity index (χ0n) is 53.9. The van der Waals surface area contributed by atoms with E-state index in [0.29, 0.717) is 68.2 Å². The molecular weight excluding hydrogens is 1430 g/mol. The van der Waals surface area contributed by atoms with Crippen LogP contribution in [-0.2, 0) is 16.0 Å². The van der Waals surface area contributed by atoms with Gasteiger partial charge in [0.25, 0.3) is 0 Å². The largest absolute Gasteiger partial charge is 0.379 e. The monoisotopic (exact) mass is 1500 g/mol. The van der Waals surface area contributed by atoms with Crippen LogP contribution < -0.4 is 21.3 Å². The molecule has 0 saturated carbocycles. The fraction of sp³-hybridized carbons (Fsp3) is 0.290. The van der Waals surface area contributed by atoms with Crippen molar-refractivity contribution in [1.82, 2.24) is 93.8 Å². The Morgan fingerprint density at radius 1 is 0.426 bits per heavy atom. The third-order valence-corrected chi connectivity index (χ3v) is 18.0. The summed E-state index contributed by atoms with van der Waals surface area (Å²) in [6.07, 6.45) is 15.5. The Morgan fingerprint density at radius 2 is 0.812 bits per heavy atom. The zero-order chi connectivity index (χ0) is 68.9. The number of hydrogen-bond donors (Lipinski definition) is 4. The number of benzene rings is 4. The fourth-order valence-electron chi connectivity index (χ4n) is 11.5. The number of anilines is 4. The van der Waals surface area contributed by atoms with Gasteiger partial charge in [-0.1, -0.05) is 66.0 Å². The Hall–Kier alpha value is -8.70. The predicted octanol–water partition coefficient (Wildman–Crippen LogP) is 14.6. The maximum absolute atomic E-state index is 6.14. The molecule has 4 N–H and O–H groups in total. The van der Waals surface area contributed by atoms with E-state index < -0.39 is 0 Å². The highest BCUT2D eigenvalue weighted by Crippen LogP contribution is 2.30. The molecule has 0 bridgehead atoms. The number of morpholine rings is 1. The van der Waals surface area contributed by atoms with Crippen LogP contribution in [0.4, 0.5) is 23.3 Å². The highest BCUT2D eigenvalue weighted by Gasteiger charge is 2.21. The van der Waals surface area contributed by atoms with Crippen molar-refractivity contribution >= 4 is 149 Å². The first-order valence-corrected chi connectivity index (χ1v) is 35.0. The second-order valence-electron chi connectivity index (χ2n) is 23.4. The maximum Gasteiger partial charge on any atom is 0.226 e. The molecule has 9 aromatic heterocycles. The third-order valence-electron chi connectivity index (χ3n) is 16.5. The predicted molar refractivity (Wildman–Crippen MR) is 402 cm³/mol. The lowest BCUT2D eigenvalue weighted by Crippen LogP contribution is -2.39. The van der Waals surface area contributed by atoms with Crippen molar-refractivity contribution in [3.63, 3.8) is 0 Å². The van der Waals surface area contributed by atoms with E-state index in [4.69, 9.17) is 90.7 Å².